The van der Waals surface area contributed by atoms with Crippen molar-refractivity contribution in [3.8, 4) is 11.5 Å². The molecule has 0 radical (unpaired) electrons. The van der Waals surface area contributed by atoms with E-state index >= 15 is 0 Å². The number of esters is 2. The monoisotopic (exact) mass is 477 g/mol. The maximum Gasteiger partial charge on any atom is 0.348 e. The number of ether oxygens (including phenoxy) is 5. The summed E-state index contributed by atoms with van der Waals surface area (Å²) in [4.78, 5) is 37.8. The fraction of sp³-hybridized carbons (Fsp3) is 0.348. The van der Waals surface area contributed by atoms with Gasteiger partial charge in [0.15, 0.2) is 0 Å². The van der Waals surface area contributed by atoms with Crippen molar-refractivity contribution in [1.82, 2.24) is 0 Å². The summed E-state index contributed by atoms with van der Waals surface area (Å²) in [5.74, 6) is -0.606. The summed E-state index contributed by atoms with van der Waals surface area (Å²) in [6.07, 6.45) is 2.85. The van der Waals surface area contributed by atoms with Crippen LogP contribution in [-0.2, 0) is 19.0 Å². The first kappa shape index (κ1) is 25.9. The third-order valence-corrected chi connectivity index (χ3v) is 5.61. The van der Waals surface area contributed by atoms with Gasteiger partial charge in [-0.05, 0) is 43.7 Å². The van der Waals surface area contributed by atoms with E-state index in [0.29, 0.717) is 22.6 Å². The molecule has 10 heteroatoms. The average molecular weight is 478 g/mol. The van der Waals surface area contributed by atoms with Crippen LogP contribution in [0.2, 0.25) is 0 Å². The molecule has 1 amide bonds. The van der Waals surface area contributed by atoms with Crippen LogP contribution < -0.4 is 14.8 Å². The molecule has 2 rings (SSSR count). The lowest BCUT2D eigenvalue weighted by atomic mass is 10.1. The lowest BCUT2D eigenvalue weighted by molar-refractivity contribution is -0.111. The Morgan fingerprint density at radius 3 is 2.42 bits per heavy atom. The number of amides is 1. The van der Waals surface area contributed by atoms with E-state index in [-0.39, 0.29) is 35.3 Å². The molecule has 0 atom stereocenters. The highest BCUT2D eigenvalue weighted by Gasteiger charge is 2.27. The van der Waals surface area contributed by atoms with Gasteiger partial charge in [-0.1, -0.05) is 0 Å². The predicted molar refractivity (Wildman–Crippen MR) is 124 cm³/mol. The van der Waals surface area contributed by atoms with Crippen molar-refractivity contribution in [2.45, 2.75) is 13.8 Å². The normalized spacial score (nSPS) is 10.7. The molecule has 0 fully saturated rings. The summed E-state index contributed by atoms with van der Waals surface area (Å²) in [6.45, 7) is 3.71. The van der Waals surface area contributed by atoms with Gasteiger partial charge in [-0.3, -0.25) is 4.79 Å². The van der Waals surface area contributed by atoms with E-state index in [1.165, 1.54) is 27.4 Å². The van der Waals surface area contributed by atoms with Gasteiger partial charge in [0.2, 0.25) is 5.91 Å². The molecular formula is C23H27NO8S. The fourth-order valence-electron chi connectivity index (χ4n) is 2.82. The van der Waals surface area contributed by atoms with Crippen molar-refractivity contribution in [1.29, 1.82) is 0 Å². The fourth-order valence-corrected chi connectivity index (χ4v) is 3.91. The zero-order valence-electron chi connectivity index (χ0n) is 19.2. The summed E-state index contributed by atoms with van der Waals surface area (Å²) in [6, 6.07) is 5.18. The summed E-state index contributed by atoms with van der Waals surface area (Å²) < 4.78 is 25.6. The van der Waals surface area contributed by atoms with E-state index in [1.807, 2.05) is 0 Å². The van der Waals surface area contributed by atoms with Crippen molar-refractivity contribution in [2.24, 2.45) is 0 Å². The van der Waals surface area contributed by atoms with E-state index in [0.717, 1.165) is 11.3 Å². The number of methoxy groups -OCH3 is 3. The van der Waals surface area contributed by atoms with Gasteiger partial charge in [0.25, 0.3) is 0 Å². The smallest absolute Gasteiger partial charge is 0.348 e. The zero-order chi connectivity index (χ0) is 24.4. The maximum absolute atomic E-state index is 12.6. The first-order valence-electron chi connectivity index (χ1n) is 10.0. The second-order valence-electron chi connectivity index (χ2n) is 6.54. The van der Waals surface area contributed by atoms with Crippen molar-refractivity contribution in [3.05, 3.63) is 45.8 Å². The third-order valence-electron chi connectivity index (χ3n) is 4.42. The van der Waals surface area contributed by atoms with Crippen molar-refractivity contribution < 1.29 is 38.1 Å². The highest BCUT2D eigenvalue weighted by atomic mass is 32.1. The Kier molecular flexibility index (Phi) is 9.89. The first-order valence-corrected chi connectivity index (χ1v) is 10.9. The Labute approximate surface area is 196 Å². The van der Waals surface area contributed by atoms with Crippen LogP contribution in [0.25, 0.3) is 6.08 Å². The van der Waals surface area contributed by atoms with Gasteiger partial charge in [-0.15, -0.1) is 11.3 Å². The number of hydrogen-bond donors (Lipinski definition) is 1. The number of carbonyl (C=O) groups excluding carboxylic acids is 3. The highest BCUT2D eigenvalue weighted by Crippen LogP contribution is 2.34. The van der Waals surface area contributed by atoms with E-state index in [4.69, 9.17) is 23.7 Å². The number of benzene rings is 1. The summed E-state index contributed by atoms with van der Waals surface area (Å²) in [5, 5.41) is 2.85. The van der Waals surface area contributed by atoms with E-state index in [2.05, 4.69) is 5.32 Å². The zero-order valence-corrected chi connectivity index (χ0v) is 20.0. The van der Waals surface area contributed by atoms with E-state index in [9.17, 15) is 14.4 Å². The van der Waals surface area contributed by atoms with Crippen LogP contribution >= 0.6 is 11.3 Å². The van der Waals surface area contributed by atoms with Gasteiger partial charge < -0.3 is 29.0 Å². The molecule has 0 aliphatic heterocycles. The number of anilines is 1. The average Bonchev–Trinajstić information content (AvgIpc) is 3.13. The topological polar surface area (TPSA) is 109 Å². The van der Waals surface area contributed by atoms with Crippen LogP contribution in [0.4, 0.5) is 5.00 Å². The molecule has 0 unspecified atom stereocenters. The number of carbonyl (C=O) groups is 3. The Morgan fingerprint density at radius 2 is 1.79 bits per heavy atom. The Hall–Kier alpha value is -3.37. The van der Waals surface area contributed by atoms with Gasteiger partial charge in [0.1, 0.15) is 28.0 Å². The molecule has 0 saturated heterocycles. The molecular weight excluding hydrogens is 450 g/mol. The quantitative estimate of drug-likeness (QED) is 0.296. The second kappa shape index (κ2) is 12.6. The molecule has 1 N–H and O–H groups in total. The minimum absolute atomic E-state index is 0.0637. The van der Waals surface area contributed by atoms with Gasteiger partial charge in [-0.25, -0.2) is 9.59 Å². The van der Waals surface area contributed by atoms with Gasteiger partial charge in [0.05, 0.1) is 33.0 Å². The van der Waals surface area contributed by atoms with Crippen molar-refractivity contribution in [3.63, 3.8) is 0 Å². The minimum atomic E-state index is -0.643. The molecule has 0 saturated carbocycles. The maximum atomic E-state index is 12.6. The lowest BCUT2D eigenvalue weighted by Gasteiger charge is -2.07. The van der Waals surface area contributed by atoms with Crippen LogP contribution in [-0.4, -0.2) is 59.0 Å². The van der Waals surface area contributed by atoms with E-state index < -0.39 is 17.8 Å². The van der Waals surface area contributed by atoms with Crippen molar-refractivity contribution >= 4 is 40.3 Å². The Balaban J connectivity index is 2.30. The summed E-state index contributed by atoms with van der Waals surface area (Å²) >= 11 is 0.943. The molecule has 1 aromatic heterocycles. The molecule has 0 aliphatic rings. The number of rotatable bonds is 11. The molecule has 1 aromatic carbocycles. The Morgan fingerprint density at radius 1 is 1.03 bits per heavy atom. The molecule has 0 spiro atoms. The largest absolute Gasteiger partial charge is 0.497 e. The molecule has 0 aliphatic carbocycles. The summed E-state index contributed by atoms with van der Waals surface area (Å²) in [7, 11) is 4.55. The minimum Gasteiger partial charge on any atom is -0.497 e. The lowest BCUT2D eigenvalue weighted by Crippen LogP contribution is -2.13. The SMILES string of the molecule is CCOC(=O)c1c(NC(=O)/C=C/c2cc(OC)ccc2OC)sc(C(=O)OCCOC)c1C. The number of hydrogen-bond acceptors (Lipinski definition) is 9. The van der Waals surface area contributed by atoms with Crippen LogP contribution in [0.5, 0.6) is 11.5 Å². The van der Waals surface area contributed by atoms with Crippen LogP contribution in [0.15, 0.2) is 24.3 Å². The van der Waals surface area contributed by atoms with Gasteiger partial charge in [0, 0.05) is 18.7 Å². The summed E-state index contributed by atoms with van der Waals surface area (Å²) in [5.41, 5.74) is 1.11. The second-order valence-corrected chi connectivity index (χ2v) is 7.56. The third kappa shape index (κ3) is 6.80. The molecule has 1 heterocycles. The van der Waals surface area contributed by atoms with Gasteiger partial charge in [-0.2, -0.15) is 0 Å². The standard InChI is InChI=1S/C23H27NO8S/c1-6-31-22(26)19-14(2)20(23(27)32-12-11-28-3)33-21(19)24-18(25)10-7-15-13-16(29-4)8-9-17(15)30-5/h7-10,13H,6,11-12H2,1-5H3,(H,24,25)/b10-7+. The van der Waals surface area contributed by atoms with Gasteiger partial charge >= 0.3 is 11.9 Å². The van der Waals surface area contributed by atoms with Crippen LogP contribution in [0, 0.1) is 6.92 Å². The molecule has 2 aromatic rings. The highest BCUT2D eigenvalue weighted by molar-refractivity contribution is 7.18. The van der Waals surface area contributed by atoms with Crippen LogP contribution in [0.1, 0.15) is 38.1 Å². The number of thiophene rings is 1. The van der Waals surface area contributed by atoms with Crippen molar-refractivity contribution in [2.75, 3.05) is 46.5 Å². The first-order chi connectivity index (χ1) is 15.9. The molecule has 9 nitrogen and oxygen atoms in total. The molecule has 33 heavy (non-hydrogen) atoms. The van der Waals surface area contributed by atoms with E-state index in [1.54, 1.807) is 38.1 Å². The van der Waals surface area contributed by atoms with Crippen LogP contribution in [0.3, 0.4) is 0 Å². The number of nitrogens with one attached hydrogen (secondary N) is 1. The molecule has 178 valence electrons. The Bertz CT molecular complexity index is 1030. The molecule has 0 bridgehead atoms. The predicted octanol–water partition coefficient (Wildman–Crippen LogP) is 3.71.